The molecule has 3 heteroatoms. The van der Waals surface area contributed by atoms with Crippen molar-refractivity contribution in [3.63, 3.8) is 0 Å². The van der Waals surface area contributed by atoms with Crippen molar-refractivity contribution < 1.29 is 14.6 Å². The first-order valence-electron chi connectivity index (χ1n) is 5.10. The highest BCUT2D eigenvalue weighted by atomic mass is 16.5. The third kappa shape index (κ3) is 2.99. The van der Waals surface area contributed by atoms with Gasteiger partial charge in [0.05, 0.1) is 18.6 Å². The molecule has 0 aliphatic heterocycles. The Morgan fingerprint density at radius 1 is 1.38 bits per heavy atom. The summed E-state index contributed by atoms with van der Waals surface area (Å²) in [6.07, 6.45) is 4.20. The van der Waals surface area contributed by atoms with E-state index in [0.29, 0.717) is 6.61 Å². The molecule has 1 N–H and O–H groups in total. The van der Waals surface area contributed by atoms with Crippen LogP contribution >= 0.6 is 0 Å². The zero-order valence-electron chi connectivity index (χ0n) is 8.16. The van der Waals surface area contributed by atoms with Gasteiger partial charge in [0.15, 0.2) is 0 Å². The maximum Gasteiger partial charge on any atom is 0.311 e. The van der Waals surface area contributed by atoms with E-state index in [1.807, 2.05) is 0 Å². The molecule has 1 saturated carbocycles. The molecule has 0 radical (unpaired) electrons. The van der Waals surface area contributed by atoms with Crippen molar-refractivity contribution in [2.45, 2.75) is 45.1 Å². The smallest absolute Gasteiger partial charge is 0.311 e. The van der Waals surface area contributed by atoms with Crippen molar-refractivity contribution in [2.24, 2.45) is 5.92 Å². The van der Waals surface area contributed by atoms with Gasteiger partial charge in [-0.05, 0) is 19.8 Å². The monoisotopic (exact) mass is 186 g/mol. The van der Waals surface area contributed by atoms with Crippen LogP contribution in [0.1, 0.15) is 39.0 Å². The molecule has 13 heavy (non-hydrogen) atoms. The second-order valence-electron chi connectivity index (χ2n) is 3.56. The summed E-state index contributed by atoms with van der Waals surface area (Å²) in [5.74, 6) is -0.501. The van der Waals surface area contributed by atoms with Gasteiger partial charge in [-0.2, -0.15) is 0 Å². The molecule has 3 nitrogen and oxygen atoms in total. The van der Waals surface area contributed by atoms with Crippen LogP contribution in [0.2, 0.25) is 0 Å². The average molecular weight is 186 g/mol. The van der Waals surface area contributed by atoms with Crippen LogP contribution in [-0.2, 0) is 9.53 Å². The van der Waals surface area contributed by atoms with E-state index in [1.165, 1.54) is 0 Å². The number of ether oxygens (including phenoxy) is 1. The Balaban J connectivity index is 2.48. The lowest BCUT2D eigenvalue weighted by molar-refractivity contribution is -0.152. The van der Waals surface area contributed by atoms with E-state index in [9.17, 15) is 9.90 Å². The van der Waals surface area contributed by atoms with Gasteiger partial charge < -0.3 is 9.84 Å². The van der Waals surface area contributed by atoms with Crippen LogP contribution in [0.5, 0.6) is 0 Å². The van der Waals surface area contributed by atoms with Crippen LogP contribution in [0.15, 0.2) is 0 Å². The van der Waals surface area contributed by atoms with Gasteiger partial charge in [0.2, 0.25) is 0 Å². The summed E-state index contributed by atoms with van der Waals surface area (Å²) in [7, 11) is 0. The SMILES string of the molecule is CCOC(=O)[C@@H]1CCCCC[C@H]1O. The standard InChI is InChI=1S/C10H18O3/c1-2-13-10(12)8-6-4-3-5-7-9(8)11/h8-9,11H,2-7H2,1H3/t8-,9-/m1/s1. The zero-order valence-corrected chi connectivity index (χ0v) is 8.16. The lowest BCUT2D eigenvalue weighted by Crippen LogP contribution is -2.28. The summed E-state index contributed by atoms with van der Waals surface area (Å²) >= 11 is 0. The summed E-state index contributed by atoms with van der Waals surface area (Å²) < 4.78 is 4.91. The van der Waals surface area contributed by atoms with Gasteiger partial charge in [-0.3, -0.25) is 4.79 Å². The largest absolute Gasteiger partial charge is 0.466 e. The van der Waals surface area contributed by atoms with E-state index >= 15 is 0 Å². The lowest BCUT2D eigenvalue weighted by atomic mass is 9.98. The second kappa shape index (κ2) is 5.22. The van der Waals surface area contributed by atoms with Gasteiger partial charge in [-0.25, -0.2) is 0 Å². The first-order chi connectivity index (χ1) is 6.25. The molecule has 0 heterocycles. The van der Waals surface area contributed by atoms with Crippen LogP contribution in [0.3, 0.4) is 0 Å². The minimum absolute atomic E-state index is 0.225. The molecule has 1 fully saturated rings. The number of aliphatic hydroxyl groups excluding tert-OH is 1. The molecular formula is C10H18O3. The molecule has 0 aromatic rings. The molecule has 0 aromatic carbocycles. The highest BCUT2D eigenvalue weighted by Gasteiger charge is 2.28. The molecule has 0 amide bonds. The van der Waals surface area contributed by atoms with Gasteiger partial charge in [-0.1, -0.05) is 19.3 Å². The molecule has 1 aliphatic rings. The van der Waals surface area contributed by atoms with Gasteiger partial charge in [-0.15, -0.1) is 0 Å². The molecule has 2 atom stereocenters. The lowest BCUT2D eigenvalue weighted by Gasteiger charge is -2.17. The highest BCUT2D eigenvalue weighted by molar-refractivity contribution is 5.73. The number of rotatable bonds is 2. The molecular weight excluding hydrogens is 168 g/mol. The molecule has 0 spiro atoms. The summed E-state index contributed by atoms with van der Waals surface area (Å²) in [5.41, 5.74) is 0. The molecule has 76 valence electrons. The van der Waals surface area contributed by atoms with Crippen molar-refractivity contribution in [1.82, 2.24) is 0 Å². The Labute approximate surface area is 79.1 Å². The Morgan fingerprint density at radius 2 is 2.08 bits per heavy atom. The highest BCUT2D eigenvalue weighted by Crippen LogP contribution is 2.24. The van der Waals surface area contributed by atoms with Crippen molar-refractivity contribution in [1.29, 1.82) is 0 Å². The Bertz CT molecular complexity index is 168. The Hall–Kier alpha value is -0.570. The van der Waals surface area contributed by atoms with Gasteiger partial charge >= 0.3 is 5.97 Å². The zero-order chi connectivity index (χ0) is 9.68. The molecule has 0 saturated heterocycles. The number of carbonyl (C=O) groups is 1. The maximum absolute atomic E-state index is 11.4. The molecule has 1 rings (SSSR count). The quantitative estimate of drug-likeness (QED) is 0.525. The molecule has 0 unspecified atom stereocenters. The normalized spacial score (nSPS) is 29.4. The summed E-state index contributed by atoms with van der Waals surface area (Å²) in [4.78, 5) is 11.4. The number of aliphatic hydroxyl groups is 1. The Morgan fingerprint density at radius 3 is 2.77 bits per heavy atom. The maximum atomic E-state index is 11.4. The fourth-order valence-corrected chi connectivity index (χ4v) is 1.81. The van der Waals surface area contributed by atoms with E-state index in [-0.39, 0.29) is 11.9 Å². The van der Waals surface area contributed by atoms with Gasteiger partial charge in [0.25, 0.3) is 0 Å². The fourth-order valence-electron chi connectivity index (χ4n) is 1.81. The predicted octanol–water partition coefficient (Wildman–Crippen LogP) is 1.49. The van der Waals surface area contributed by atoms with Crippen molar-refractivity contribution in [2.75, 3.05) is 6.61 Å². The molecule has 0 aromatic heterocycles. The van der Waals surface area contributed by atoms with E-state index in [4.69, 9.17) is 4.74 Å². The topological polar surface area (TPSA) is 46.5 Å². The number of esters is 1. The first-order valence-corrected chi connectivity index (χ1v) is 5.10. The van der Waals surface area contributed by atoms with Crippen molar-refractivity contribution in [3.8, 4) is 0 Å². The van der Waals surface area contributed by atoms with E-state index in [0.717, 1.165) is 32.1 Å². The summed E-state index contributed by atoms with van der Waals surface area (Å²) in [5, 5.41) is 9.65. The number of carbonyl (C=O) groups excluding carboxylic acids is 1. The fraction of sp³-hybridized carbons (Fsp3) is 0.900. The third-order valence-corrected chi connectivity index (χ3v) is 2.57. The Kier molecular flexibility index (Phi) is 4.22. The summed E-state index contributed by atoms with van der Waals surface area (Å²) in [6.45, 7) is 2.20. The van der Waals surface area contributed by atoms with Crippen molar-refractivity contribution in [3.05, 3.63) is 0 Å². The van der Waals surface area contributed by atoms with E-state index in [1.54, 1.807) is 6.92 Å². The summed E-state index contributed by atoms with van der Waals surface area (Å²) in [6, 6.07) is 0. The first kappa shape index (κ1) is 10.5. The predicted molar refractivity (Wildman–Crippen MR) is 49.2 cm³/mol. The van der Waals surface area contributed by atoms with Crippen LogP contribution in [0.4, 0.5) is 0 Å². The molecule has 1 aliphatic carbocycles. The van der Waals surface area contributed by atoms with E-state index < -0.39 is 6.10 Å². The number of hydrogen-bond donors (Lipinski definition) is 1. The van der Waals surface area contributed by atoms with Crippen LogP contribution in [0.25, 0.3) is 0 Å². The van der Waals surface area contributed by atoms with Gasteiger partial charge in [0.1, 0.15) is 0 Å². The molecule has 0 bridgehead atoms. The van der Waals surface area contributed by atoms with E-state index in [2.05, 4.69) is 0 Å². The second-order valence-corrected chi connectivity index (χ2v) is 3.56. The minimum atomic E-state index is -0.485. The number of hydrogen-bond acceptors (Lipinski definition) is 3. The third-order valence-electron chi connectivity index (χ3n) is 2.57. The van der Waals surface area contributed by atoms with Crippen LogP contribution in [0, 0.1) is 5.92 Å². The van der Waals surface area contributed by atoms with Gasteiger partial charge in [0, 0.05) is 0 Å². The minimum Gasteiger partial charge on any atom is -0.466 e. The average Bonchev–Trinajstić information content (AvgIpc) is 2.30. The van der Waals surface area contributed by atoms with Crippen LogP contribution in [-0.4, -0.2) is 23.8 Å². The van der Waals surface area contributed by atoms with Crippen molar-refractivity contribution >= 4 is 5.97 Å². The van der Waals surface area contributed by atoms with Crippen LogP contribution < -0.4 is 0 Å².